The number of carbonyl (C=O) groups is 4. The summed E-state index contributed by atoms with van der Waals surface area (Å²) in [5.74, 6) is -0.980. The zero-order valence-electron chi connectivity index (χ0n) is 17.6. The Balaban J connectivity index is 1.55. The van der Waals surface area contributed by atoms with Crippen molar-refractivity contribution in [3.8, 4) is 0 Å². The first kappa shape index (κ1) is 21.3. The fraction of sp³-hybridized carbons (Fsp3) is 0.333. The standard InChI is InChI=1S/C24H24N2O4S/c1-3-5-11-25-21(27)17-9-7-15(13-19(17)23(25)29)31-16-8-10-18-20(14-16)24(30)26(22(18)28)12-6-4-2/h7-10,13-14H,3-6,11-12H2,1-2H3. The van der Waals surface area contributed by atoms with E-state index >= 15 is 0 Å². The summed E-state index contributed by atoms with van der Waals surface area (Å²) >= 11 is 1.40. The van der Waals surface area contributed by atoms with Gasteiger partial charge in [-0.2, -0.15) is 0 Å². The number of fused-ring (bicyclic) bond motifs is 2. The van der Waals surface area contributed by atoms with Crippen LogP contribution in [0.15, 0.2) is 46.2 Å². The van der Waals surface area contributed by atoms with Gasteiger partial charge in [-0.1, -0.05) is 38.5 Å². The van der Waals surface area contributed by atoms with E-state index in [2.05, 4.69) is 0 Å². The number of amides is 4. The van der Waals surface area contributed by atoms with E-state index in [0.717, 1.165) is 35.5 Å². The Hall–Kier alpha value is -2.93. The number of rotatable bonds is 8. The van der Waals surface area contributed by atoms with E-state index in [-0.39, 0.29) is 23.6 Å². The molecular formula is C24H24N2O4S. The van der Waals surface area contributed by atoms with Crippen LogP contribution in [-0.2, 0) is 0 Å². The van der Waals surface area contributed by atoms with Crippen molar-refractivity contribution in [3.63, 3.8) is 0 Å². The summed E-state index contributed by atoms with van der Waals surface area (Å²) in [5.41, 5.74) is 1.71. The Bertz CT molecular complexity index is 1010. The predicted octanol–water partition coefficient (Wildman–Crippen LogP) is 4.63. The largest absolute Gasteiger partial charge is 0.274 e. The van der Waals surface area contributed by atoms with Gasteiger partial charge in [0.1, 0.15) is 0 Å². The van der Waals surface area contributed by atoms with Crippen molar-refractivity contribution in [2.24, 2.45) is 0 Å². The summed E-state index contributed by atoms with van der Waals surface area (Å²) in [4.78, 5) is 54.6. The first-order valence-corrected chi connectivity index (χ1v) is 11.5. The SMILES string of the molecule is CCCCN1C(=O)c2ccc(Sc3ccc4c(c3)C(=O)N(CCCC)C4=O)cc2C1=O. The molecule has 2 heterocycles. The summed E-state index contributed by atoms with van der Waals surface area (Å²) in [6.45, 7) is 4.90. The van der Waals surface area contributed by atoms with Gasteiger partial charge in [-0.25, -0.2) is 0 Å². The maximum atomic E-state index is 12.7. The van der Waals surface area contributed by atoms with E-state index < -0.39 is 0 Å². The Morgan fingerprint density at radius 3 is 1.39 bits per heavy atom. The highest BCUT2D eigenvalue weighted by Crippen LogP contribution is 2.35. The maximum Gasteiger partial charge on any atom is 0.261 e. The molecule has 0 unspecified atom stereocenters. The molecule has 0 spiro atoms. The first-order valence-electron chi connectivity index (χ1n) is 10.6. The lowest BCUT2D eigenvalue weighted by Crippen LogP contribution is -2.30. The first-order chi connectivity index (χ1) is 15.0. The number of hydrogen-bond donors (Lipinski definition) is 0. The molecule has 0 fully saturated rings. The zero-order valence-corrected chi connectivity index (χ0v) is 18.5. The van der Waals surface area contributed by atoms with Gasteiger partial charge in [0.15, 0.2) is 0 Å². The van der Waals surface area contributed by atoms with Gasteiger partial charge in [0.2, 0.25) is 0 Å². The van der Waals surface area contributed by atoms with Crippen molar-refractivity contribution < 1.29 is 19.2 Å². The third-order valence-corrected chi connectivity index (χ3v) is 6.57. The number of hydrogen-bond acceptors (Lipinski definition) is 5. The number of carbonyl (C=O) groups excluding carboxylic acids is 4. The lowest BCUT2D eigenvalue weighted by Gasteiger charge is -2.12. The smallest absolute Gasteiger partial charge is 0.261 e. The molecular weight excluding hydrogens is 412 g/mol. The molecule has 2 aromatic rings. The molecule has 4 rings (SSSR count). The highest BCUT2D eigenvalue weighted by molar-refractivity contribution is 7.99. The van der Waals surface area contributed by atoms with Crippen LogP contribution in [0, 0.1) is 0 Å². The molecule has 160 valence electrons. The van der Waals surface area contributed by atoms with E-state index in [9.17, 15) is 19.2 Å². The summed E-state index contributed by atoms with van der Waals surface area (Å²) in [6, 6.07) is 10.5. The molecule has 0 radical (unpaired) electrons. The maximum absolute atomic E-state index is 12.7. The van der Waals surface area contributed by atoms with E-state index in [0.29, 0.717) is 35.3 Å². The molecule has 0 atom stereocenters. The van der Waals surface area contributed by atoms with Gasteiger partial charge in [-0.3, -0.25) is 29.0 Å². The predicted molar refractivity (Wildman–Crippen MR) is 118 cm³/mol. The number of nitrogens with zero attached hydrogens (tertiary/aromatic N) is 2. The lowest BCUT2D eigenvalue weighted by molar-refractivity contribution is 0.0636. The van der Waals surface area contributed by atoms with Crippen LogP contribution in [0.2, 0.25) is 0 Å². The highest BCUT2D eigenvalue weighted by atomic mass is 32.2. The molecule has 2 aliphatic heterocycles. The van der Waals surface area contributed by atoms with Crippen molar-refractivity contribution in [2.45, 2.75) is 49.3 Å². The molecule has 2 aromatic carbocycles. The third kappa shape index (κ3) is 3.78. The van der Waals surface area contributed by atoms with Gasteiger partial charge < -0.3 is 0 Å². The van der Waals surface area contributed by atoms with Gasteiger partial charge in [0.25, 0.3) is 23.6 Å². The Morgan fingerprint density at radius 2 is 1.00 bits per heavy atom. The van der Waals surface area contributed by atoms with Crippen LogP contribution in [-0.4, -0.2) is 46.5 Å². The molecule has 0 saturated heterocycles. The van der Waals surface area contributed by atoms with Crippen molar-refractivity contribution in [1.82, 2.24) is 9.80 Å². The number of benzene rings is 2. The Kier molecular flexibility index (Phi) is 5.96. The highest BCUT2D eigenvalue weighted by Gasteiger charge is 2.36. The molecule has 0 saturated carbocycles. The number of imide groups is 2. The van der Waals surface area contributed by atoms with Crippen LogP contribution >= 0.6 is 11.8 Å². The van der Waals surface area contributed by atoms with Crippen molar-refractivity contribution in [3.05, 3.63) is 58.7 Å². The summed E-state index contributed by atoms with van der Waals surface area (Å²) in [6.07, 6.45) is 3.38. The van der Waals surface area contributed by atoms with E-state index in [1.165, 1.54) is 21.6 Å². The van der Waals surface area contributed by atoms with Crippen molar-refractivity contribution >= 4 is 35.4 Å². The Morgan fingerprint density at radius 1 is 0.613 bits per heavy atom. The van der Waals surface area contributed by atoms with Crippen LogP contribution in [0.4, 0.5) is 0 Å². The van der Waals surface area contributed by atoms with Gasteiger partial charge in [-0.05, 0) is 49.2 Å². The molecule has 2 aliphatic rings. The van der Waals surface area contributed by atoms with Crippen LogP contribution in [0.1, 0.15) is 81.0 Å². The third-order valence-electron chi connectivity index (χ3n) is 5.59. The van der Waals surface area contributed by atoms with E-state index in [1.54, 1.807) is 24.3 Å². The fourth-order valence-corrected chi connectivity index (χ4v) is 4.74. The average molecular weight is 437 g/mol. The van der Waals surface area contributed by atoms with Gasteiger partial charge in [-0.15, -0.1) is 0 Å². The molecule has 31 heavy (non-hydrogen) atoms. The monoisotopic (exact) mass is 436 g/mol. The summed E-state index contributed by atoms with van der Waals surface area (Å²) in [7, 11) is 0. The Labute approximate surface area is 185 Å². The normalized spacial score (nSPS) is 15.2. The molecule has 0 aliphatic carbocycles. The minimum absolute atomic E-state index is 0.237. The molecule has 4 amide bonds. The lowest BCUT2D eigenvalue weighted by atomic mass is 10.1. The molecule has 7 heteroatoms. The molecule has 6 nitrogen and oxygen atoms in total. The zero-order chi connectivity index (χ0) is 22.1. The van der Waals surface area contributed by atoms with Crippen LogP contribution in [0.25, 0.3) is 0 Å². The topological polar surface area (TPSA) is 74.8 Å². The van der Waals surface area contributed by atoms with E-state index in [4.69, 9.17) is 0 Å². The molecule has 0 N–H and O–H groups in total. The quantitative estimate of drug-likeness (QED) is 0.564. The average Bonchev–Trinajstić information content (AvgIpc) is 3.15. The van der Waals surface area contributed by atoms with Gasteiger partial charge in [0.05, 0.1) is 22.3 Å². The minimum Gasteiger partial charge on any atom is -0.274 e. The molecule has 0 bridgehead atoms. The van der Waals surface area contributed by atoms with Crippen molar-refractivity contribution in [2.75, 3.05) is 13.1 Å². The molecule has 0 aromatic heterocycles. The number of unbranched alkanes of at least 4 members (excludes halogenated alkanes) is 2. The second-order valence-corrected chi connectivity index (χ2v) is 8.89. The van der Waals surface area contributed by atoms with Crippen LogP contribution in [0.5, 0.6) is 0 Å². The van der Waals surface area contributed by atoms with Gasteiger partial charge in [0, 0.05) is 22.9 Å². The second kappa shape index (κ2) is 8.67. The van der Waals surface area contributed by atoms with Crippen LogP contribution < -0.4 is 0 Å². The second-order valence-electron chi connectivity index (χ2n) is 7.75. The summed E-state index contributed by atoms with van der Waals surface area (Å²) in [5, 5.41) is 0. The minimum atomic E-state index is -0.253. The fourth-order valence-electron chi connectivity index (χ4n) is 3.84. The summed E-state index contributed by atoms with van der Waals surface area (Å²) < 4.78 is 0. The van der Waals surface area contributed by atoms with Gasteiger partial charge >= 0.3 is 0 Å². The van der Waals surface area contributed by atoms with Crippen molar-refractivity contribution in [1.29, 1.82) is 0 Å². The van der Waals surface area contributed by atoms with Crippen LogP contribution in [0.3, 0.4) is 0 Å². The van der Waals surface area contributed by atoms with E-state index in [1.807, 2.05) is 26.0 Å².